The molecule has 2 aromatic carbocycles. The highest BCUT2D eigenvalue weighted by atomic mass is 19.4. The van der Waals surface area contributed by atoms with Gasteiger partial charge in [-0.2, -0.15) is 30.7 Å². The molecule has 0 N–H and O–H groups in total. The number of hydrogen-bond acceptors (Lipinski definition) is 1. The second kappa shape index (κ2) is 5.95. The lowest BCUT2D eigenvalue weighted by atomic mass is 10.1. The normalized spacial score (nSPS) is 12.8. The molecular formula is C19H9F7N2. The molecule has 2 heterocycles. The summed E-state index contributed by atoms with van der Waals surface area (Å²) in [5.41, 5.74) is -4.84. The topological polar surface area (TPSA) is 17.8 Å². The highest BCUT2D eigenvalue weighted by Gasteiger charge is 2.49. The maximum absolute atomic E-state index is 14.6. The van der Waals surface area contributed by atoms with Crippen LogP contribution < -0.4 is 0 Å². The van der Waals surface area contributed by atoms with Crippen LogP contribution in [0, 0.1) is 5.95 Å². The van der Waals surface area contributed by atoms with Gasteiger partial charge in [0.25, 0.3) is 0 Å². The molecule has 0 fully saturated rings. The molecule has 9 heteroatoms. The van der Waals surface area contributed by atoms with Crippen molar-refractivity contribution in [3.63, 3.8) is 0 Å². The third kappa shape index (κ3) is 2.69. The van der Waals surface area contributed by atoms with E-state index in [1.165, 1.54) is 54.6 Å². The Balaban J connectivity index is 2.38. The Morgan fingerprint density at radius 2 is 1.36 bits per heavy atom. The van der Waals surface area contributed by atoms with E-state index < -0.39 is 40.5 Å². The molecule has 4 aromatic rings. The standard InChI is InChI=1S/C19H9F7N2/c20-17-13-14(18(21,22)23)16(19(24,25)26)28(10-6-2-1-3-7-10)15(13)11-8-4-5-9-12(11)27-17/h1-9H. The molecule has 0 saturated heterocycles. The predicted octanol–water partition coefficient (Wildman–Crippen LogP) is 6.36. The smallest absolute Gasteiger partial charge is 0.304 e. The fourth-order valence-electron chi connectivity index (χ4n) is 3.34. The van der Waals surface area contributed by atoms with Crippen molar-refractivity contribution in [2.75, 3.05) is 0 Å². The number of hydrogen-bond donors (Lipinski definition) is 0. The Bertz CT molecular complexity index is 1190. The second-order valence-corrected chi connectivity index (χ2v) is 6.03. The van der Waals surface area contributed by atoms with Crippen LogP contribution in [0.4, 0.5) is 30.7 Å². The minimum atomic E-state index is -5.45. The van der Waals surface area contributed by atoms with E-state index in [9.17, 15) is 30.7 Å². The molecule has 4 rings (SSSR count). The predicted molar refractivity (Wildman–Crippen MR) is 88.5 cm³/mol. The van der Waals surface area contributed by atoms with E-state index in [0.717, 1.165) is 0 Å². The van der Waals surface area contributed by atoms with Gasteiger partial charge in [-0.15, -0.1) is 0 Å². The number of nitrogens with zero attached hydrogens (tertiary/aromatic N) is 2. The largest absolute Gasteiger partial charge is 0.432 e. The zero-order valence-electron chi connectivity index (χ0n) is 13.7. The SMILES string of the molecule is Fc1nc2ccccc2c2c1c(C(F)(F)F)c(C(F)(F)F)n2-c1ccccc1. The van der Waals surface area contributed by atoms with Crippen LogP contribution in [0.15, 0.2) is 54.6 Å². The van der Waals surface area contributed by atoms with E-state index in [-0.39, 0.29) is 16.6 Å². The highest BCUT2D eigenvalue weighted by molar-refractivity contribution is 6.07. The molecule has 28 heavy (non-hydrogen) atoms. The molecule has 0 saturated carbocycles. The number of alkyl halides is 6. The lowest BCUT2D eigenvalue weighted by Crippen LogP contribution is -2.19. The zero-order valence-corrected chi connectivity index (χ0v) is 13.7. The van der Waals surface area contributed by atoms with E-state index >= 15 is 0 Å². The Labute approximate surface area is 152 Å². The maximum Gasteiger partial charge on any atom is 0.432 e. The molecule has 144 valence electrons. The third-order valence-electron chi connectivity index (χ3n) is 4.32. The number of para-hydroxylation sites is 2. The van der Waals surface area contributed by atoms with Crippen LogP contribution >= 0.6 is 0 Å². The van der Waals surface area contributed by atoms with Gasteiger partial charge in [-0.05, 0) is 18.2 Å². The molecule has 0 atom stereocenters. The average molecular weight is 398 g/mol. The first kappa shape index (κ1) is 18.3. The quantitative estimate of drug-likeness (QED) is 0.270. The highest BCUT2D eigenvalue weighted by Crippen LogP contribution is 2.48. The van der Waals surface area contributed by atoms with Crippen LogP contribution in [0.5, 0.6) is 0 Å². The number of rotatable bonds is 1. The van der Waals surface area contributed by atoms with Crippen molar-refractivity contribution in [2.45, 2.75) is 12.4 Å². The molecule has 0 aliphatic carbocycles. The Hall–Kier alpha value is -3.10. The lowest BCUT2D eigenvalue weighted by Gasteiger charge is -2.16. The second-order valence-electron chi connectivity index (χ2n) is 6.03. The van der Waals surface area contributed by atoms with Gasteiger partial charge in [0.1, 0.15) is 5.69 Å². The summed E-state index contributed by atoms with van der Waals surface area (Å²) in [6.07, 6.45) is -10.8. The number of fused-ring (bicyclic) bond motifs is 3. The average Bonchev–Trinajstić information content (AvgIpc) is 3.00. The van der Waals surface area contributed by atoms with Gasteiger partial charge < -0.3 is 4.57 Å². The Morgan fingerprint density at radius 3 is 1.96 bits per heavy atom. The third-order valence-corrected chi connectivity index (χ3v) is 4.32. The van der Waals surface area contributed by atoms with Gasteiger partial charge in [0.2, 0.25) is 5.95 Å². The maximum atomic E-state index is 14.6. The molecule has 2 aromatic heterocycles. The monoisotopic (exact) mass is 398 g/mol. The van der Waals surface area contributed by atoms with Gasteiger partial charge in [0.05, 0.1) is 22.0 Å². The number of aromatic nitrogens is 2. The molecular weight excluding hydrogens is 389 g/mol. The summed E-state index contributed by atoms with van der Waals surface area (Å²) in [4.78, 5) is 3.46. The molecule has 0 amide bonds. The van der Waals surface area contributed by atoms with E-state index in [1.807, 2.05) is 0 Å². The summed E-state index contributed by atoms with van der Waals surface area (Å²) < 4.78 is 97.6. The summed E-state index contributed by atoms with van der Waals surface area (Å²) in [5.74, 6) is -1.61. The fraction of sp³-hybridized carbons (Fsp3) is 0.105. The van der Waals surface area contributed by atoms with E-state index in [4.69, 9.17) is 0 Å². The van der Waals surface area contributed by atoms with Crippen molar-refractivity contribution in [3.8, 4) is 5.69 Å². The van der Waals surface area contributed by atoms with Gasteiger partial charge in [-0.25, -0.2) is 4.98 Å². The fourth-order valence-corrected chi connectivity index (χ4v) is 3.34. The molecule has 0 bridgehead atoms. The van der Waals surface area contributed by atoms with Crippen molar-refractivity contribution in [1.82, 2.24) is 9.55 Å². The summed E-state index contributed by atoms with van der Waals surface area (Å²) in [6.45, 7) is 0. The number of benzene rings is 2. The first-order valence-corrected chi connectivity index (χ1v) is 7.93. The van der Waals surface area contributed by atoms with Crippen LogP contribution in [0.2, 0.25) is 0 Å². The summed E-state index contributed by atoms with van der Waals surface area (Å²) in [7, 11) is 0. The molecule has 0 spiro atoms. The van der Waals surface area contributed by atoms with Gasteiger partial charge >= 0.3 is 12.4 Å². The number of pyridine rings is 1. The van der Waals surface area contributed by atoms with Crippen molar-refractivity contribution < 1.29 is 30.7 Å². The van der Waals surface area contributed by atoms with E-state index in [0.29, 0.717) is 4.57 Å². The van der Waals surface area contributed by atoms with Crippen LogP contribution in [0.25, 0.3) is 27.5 Å². The van der Waals surface area contributed by atoms with Gasteiger partial charge in [-0.3, -0.25) is 0 Å². The van der Waals surface area contributed by atoms with Crippen molar-refractivity contribution in [1.29, 1.82) is 0 Å². The Kier molecular flexibility index (Phi) is 3.88. The van der Waals surface area contributed by atoms with Gasteiger partial charge in [0.15, 0.2) is 0 Å². The molecule has 0 radical (unpaired) electrons. The summed E-state index contributed by atoms with van der Waals surface area (Å²) in [6, 6.07) is 12.3. The minimum absolute atomic E-state index is 0.0243. The first-order chi connectivity index (χ1) is 13.1. The Morgan fingerprint density at radius 1 is 0.750 bits per heavy atom. The van der Waals surface area contributed by atoms with E-state index in [2.05, 4.69) is 4.98 Å². The zero-order chi connectivity index (χ0) is 20.3. The summed E-state index contributed by atoms with van der Waals surface area (Å²) >= 11 is 0. The van der Waals surface area contributed by atoms with Crippen molar-refractivity contribution in [2.24, 2.45) is 0 Å². The van der Waals surface area contributed by atoms with Crippen LogP contribution in [0.3, 0.4) is 0 Å². The summed E-state index contributed by atoms with van der Waals surface area (Å²) in [5, 5.41) is -1.23. The van der Waals surface area contributed by atoms with Crippen LogP contribution in [0.1, 0.15) is 11.3 Å². The molecule has 0 aliphatic heterocycles. The lowest BCUT2D eigenvalue weighted by molar-refractivity contribution is -0.164. The molecule has 0 aliphatic rings. The van der Waals surface area contributed by atoms with Crippen LogP contribution in [-0.2, 0) is 12.4 Å². The molecule has 0 unspecified atom stereocenters. The van der Waals surface area contributed by atoms with Crippen molar-refractivity contribution >= 4 is 21.8 Å². The minimum Gasteiger partial charge on any atom is -0.304 e. The van der Waals surface area contributed by atoms with Crippen LogP contribution in [-0.4, -0.2) is 9.55 Å². The van der Waals surface area contributed by atoms with Crippen molar-refractivity contribution in [3.05, 3.63) is 71.8 Å². The van der Waals surface area contributed by atoms with Gasteiger partial charge in [-0.1, -0.05) is 36.4 Å². The molecule has 2 nitrogen and oxygen atoms in total. The first-order valence-electron chi connectivity index (χ1n) is 7.93. The van der Waals surface area contributed by atoms with Gasteiger partial charge in [0, 0.05) is 11.1 Å². The number of halogens is 7. The van der Waals surface area contributed by atoms with E-state index in [1.54, 1.807) is 0 Å².